The summed E-state index contributed by atoms with van der Waals surface area (Å²) in [6.45, 7) is 1.36. The van der Waals surface area contributed by atoms with Gasteiger partial charge in [-0.05, 0) is 38.4 Å². The van der Waals surface area contributed by atoms with Crippen molar-refractivity contribution >= 4 is 28.9 Å². The number of benzene rings is 1. The highest BCUT2D eigenvalue weighted by molar-refractivity contribution is 6.32. The highest BCUT2D eigenvalue weighted by Crippen LogP contribution is 2.28. The van der Waals surface area contributed by atoms with Crippen LogP contribution in [0.25, 0.3) is 0 Å². The molecule has 1 aromatic carbocycles. The molecule has 1 amide bonds. The maximum atomic E-state index is 12.1. The summed E-state index contributed by atoms with van der Waals surface area (Å²) in [7, 11) is 5.48. The molecule has 1 heterocycles. The summed E-state index contributed by atoms with van der Waals surface area (Å²) >= 11 is 6.11. The fourth-order valence-corrected chi connectivity index (χ4v) is 2.30. The van der Waals surface area contributed by atoms with E-state index in [1.165, 1.54) is 6.20 Å². The van der Waals surface area contributed by atoms with E-state index in [0.717, 1.165) is 12.2 Å². The van der Waals surface area contributed by atoms with Gasteiger partial charge in [0.15, 0.2) is 0 Å². The Morgan fingerprint density at radius 1 is 1.25 bits per heavy atom. The van der Waals surface area contributed by atoms with Gasteiger partial charge in [-0.3, -0.25) is 9.78 Å². The first-order chi connectivity index (χ1) is 11.5. The molecule has 1 aromatic heterocycles. The van der Waals surface area contributed by atoms with Crippen molar-refractivity contribution in [1.82, 2.24) is 15.2 Å². The van der Waals surface area contributed by atoms with Crippen LogP contribution >= 0.6 is 11.6 Å². The van der Waals surface area contributed by atoms with Gasteiger partial charge >= 0.3 is 0 Å². The second kappa shape index (κ2) is 8.52. The Kier molecular flexibility index (Phi) is 6.40. The Balaban J connectivity index is 2.04. The van der Waals surface area contributed by atoms with Gasteiger partial charge in [-0.15, -0.1) is 0 Å². The number of hydrogen-bond donors (Lipinski definition) is 2. The minimum absolute atomic E-state index is 0.152. The van der Waals surface area contributed by atoms with Gasteiger partial charge in [0.2, 0.25) is 0 Å². The lowest BCUT2D eigenvalue weighted by Gasteiger charge is -2.12. The van der Waals surface area contributed by atoms with Gasteiger partial charge < -0.3 is 20.3 Å². The van der Waals surface area contributed by atoms with Crippen molar-refractivity contribution in [2.24, 2.45) is 0 Å². The summed E-state index contributed by atoms with van der Waals surface area (Å²) in [6, 6.07) is 7.12. The number of rotatable bonds is 7. The molecule has 0 bridgehead atoms. The van der Waals surface area contributed by atoms with Crippen LogP contribution < -0.4 is 15.4 Å². The minimum atomic E-state index is -0.152. The number of carbonyl (C=O) groups excluding carboxylic acids is 1. The second-order valence-electron chi connectivity index (χ2n) is 5.50. The molecule has 0 aliphatic rings. The number of methoxy groups -OCH3 is 1. The molecule has 6 nitrogen and oxygen atoms in total. The highest BCUT2D eigenvalue weighted by atomic mass is 35.5. The zero-order valence-corrected chi connectivity index (χ0v) is 14.7. The first-order valence-corrected chi connectivity index (χ1v) is 7.86. The van der Waals surface area contributed by atoms with Crippen molar-refractivity contribution in [3.63, 3.8) is 0 Å². The van der Waals surface area contributed by atoms with Gasteiger partial charge in [0, 0.05) is 25.0 Å². The molecule has 0 aliphatic carbocycles. The summed E-state index contributed by atoms with van der Waals surface area (Å²) < 4.78 is 5.13. The van der Waals surface area contributed by atoms with Gasteiger partial charge in [-0.25, -0.2) is 0 Å². The molecule has 0 spiro atoms. The topological polar surface area (TPSA) is 66.5 Å². The standard InChI is InChI=1S/C17H21ClN4O2/c1-22(2)7-6-20-17(23)12-8-14(11-19-10-12)21-13-4-5-16(24-3)15(18)9-13/h4-5,8-11,21H,6-7H2,1-3H3,(H,20,23). The van der Waals surface area contributed by atoms with E-state index in [2.05, 4.69) is 15.6 Å². The molecule has 0 aliphatic heterocycles. The van der Waals surface area contributed by atoms with Gasteiger partial charge in [-0.1, -0.05) is 11.6 Å². The molecule has 0 unspecified atom stereocenters. The zero-order chi connectivity index (χ0) is 17.5. The number of pyridine rings is 1. The monoisotopic (exact) mass is 348 g/mol. The Hall–Kier alpha value is -2.31. The van der Waals surface area contributed by atoms with E-state index in [1.54, 1.807) is 31.5 Å². The largest absolute Gasteiger partial charge is 0.495 e. The number of likely N-dealkylation sites (N-methyl/N-ethyl adjacent to an activating group) is 1. The van der Waals surface area contributed by atoms with E-state index in [0.29, 0.717) is 28.6 Å². The first-order valence-electron chi connectivity index (χ1n) is 7.48. The summed E-state index contributed by atoms with van der Waals surface area (Å²) in [5.41, 5.74) is 1.99. The predicted octanol–water partition coefficient (Wildman–Crippen LogP) is 2.78. The molecule has 0 atom stereocenters. The molecule has 0 fully saturated rings. The van der Waals surface area contributed by atoms with Gasteiger partial charge in [-0.2, -0.15) is 0 Å². The number of anilines is 2. The predicted molar refractivity (Wildman–Crippen MR) is 96.4 cm³/mol. The van der Waals surface area contributed by atoms with Gasteiger partial charge in [0.1, 0.15) is 5.75 Å². The van der Waals surface area contributed by atoms with Crippen molar-refractivity contribution in [1.29, 1.82) is 0 Å². The SMILES string of the molecule is COc1ccc(Nc2cncc(C(=O)NCCN(C)C)c2)cc1Cl. The van der Waals surface area contributed by atoms with Gasteiger partial charge in [0.05, 0.1) is 29.6 Å². The number of amides is 1. The van der Waals surface area contributed by atoms with Crippen molar-refractivity contribution in [3.8, 4) is 5.75 Å². The number of ether oxygens (including phenoxy) is 1. The van der Waals surface area contributed by atoms with Crippen molar-refractivity contribution in [3.05, 3.63) is 47.2 Å². The van der Waals surface area contributed by atoms with Crippen LogP contribution in [0.3, 0.4) is 0 Å². The van der Waals surface area contributed by atoms with Crippen LogP contribution in [-0.2, 0) is 0 Å². The Bertz CT molecular complexity index is 707. The highest BCUT2D eigenvalue weighted by Gasteiger charge is 2.08. The molecule has 0 radical (unpaired) electrons. The molecule has 0 saturated heterocycles. The van der Waals surface area contributed by atoms with Crippen molar-refractivity contribution in [2.75, 3.05) is 39.6 Å². The van der Waals surface area contributed by atoms with Crippen LogP contribution in [0.15, 0.2) is 36.7 Å². The number of nitrogens with one attached hydrogen (secondary N) is 2. The molecule has 128 valence electrons. The van der Waals surface area contributed by atoms with E-state index in [9.17, 15) is 4.79 Å². The summed E-state index contributed by atoms with van der Waals surface area (Å²) in [5, 5.41) is 6.54. The smallest absolute Gasteiger partial charge is 0.252 e. The third-order valence-electron chi connectivity index (χ3n) is 3.29. The van der Waals surface area contributed by atoms with E-state index >= 15 is 0 Å². The van der Waals surface area contributed by atoms with Crippen LogP contribution in [-0.4, -0.2) is 50.1 Å². The second-order valence-corrected chi connectivity index (χ2v) is 5.90. The molecule has 2 N–H and O–H groups in total. The van der Waals surface area contributed by atoms with Crippen LogP contribution in [0.1, 0.15) is 10.4 Å². The fourth-order valence-electron chi connectivity index (χ4n) is 2.04. The van der Waals surface area contributed by atoms with Crippen molar-refractivity contribution in [2.45, 2.75) is 0 Å². The van der Waals surface area contributed by atoms with Crippen LogP contribution in [0.2, 0.25) is 5.02 Å². The maximum absolute atomic E-state index is 12.1. The number of hydrogen-bond acceptors (Lipinski definition) is 5. The molecule has 2 rings (SSSR count). The number of halogens is 1. The van der Waals surface area contributed by atoms with E-state index in [1.807, 2.05) is 25.1 Å². The third kappa shape index (κ3) is 5.11. The van der Waals surface area contributed by atoms with E-state index in [4.69, 9.17) is 16.3 Å². The van der Waals surface area contributed by atoms with Crippen LogP contribution in [0, 0.1) is 0 Å². The lowest BCUT2D eigenvalue weighted by Crippen LogP contribution is -2.31. The molecule has 0 saturated carbocycles. The summed E-state index contributed by atoms with van der Waals surface area (Å²) in [6.07, 6.45) is 3.19. The zero-order valence-electron chi connectivity index (χ0n) is 14.0. The molecule has 2 aromatic rings. The molecular formula is C17H21ClN4O2. The Morgan fingerprint density at radius 2 is 2.04 bits per heavy atom. The average Bonchev–Trinajstić information content (AvgIpc) is 2.55. The van der Waals surface area contributed by atoms with E-state index in [-0.39, 0.29) is 5.91 Å². The lowest BCUT2D eigenvalue weighted by atomic mass is 10.2. The number of aromatic nitrogens is 1. The number of carbonyl (C=O) groups is 1. The molecule has 7 heteroatoms. The maximum Gasteiger partial charge on any atom is 0.252 e. The van der Waals surface area contributed by atoms with Crippen LogP contribution in [0.5, 0.6) is 5.75 Å². The lowest BCUT2D eigenvalue weighted by molar-refractivity contribution is 0.0950. The average molecular weight is 349 g/mol. The Labute approximate surface area is 146 Å². The van der Waals surface area contributed by atoms with Crippen molar-refractivity contribution < 1.29 is 9.53 Å². The first kappa shape index (κ1) is 18.0. The Morgan fingerprint density at radius 3 is 2.71 bits per heavy atom. The fraction of sp³-hybridized carbons (Fsp3) is 0.294. The summed E-state index contributed by atoms with van der Waals surface area (Å²) in [5.74, 6) is 0.454. The minimum Gasteiger partial charge on any atom is -0.495 e. The van der Waals surface area contributed by atoms with Gasteiger partial charge in [0.25, 0.3) is 5.91 Å². The normalized spacial score (nSPS) is 10.5. The molecule has 24 heavy (non-hydrogen) atoms. The molecular weight excluding hydrogens is 328 g/mol. The quantitative estimate of drug-likeness (QED) is 0.805. The van der Waals surface area contributed by atoms with E-state index < -0.39 is 0 Å². The number of nitrogens with zero attached hydrogens (tertiary/aromatic N) is 2. The summed E-state index contributed by atoms with van der Waals surface area (Å²) in [4.78, 5) is 18.2. The third-order valence-corrected chi connectivity index (χ3v) is 3.58. The van der Waals surface area contributed by atoms with Crippen LogP contribution in [0.4, 0.5) is 11.4 Å².